The Hall–Kier alpha value is -3.00. The summed E-state index contributed by atoms with van der Waals surface area (Å²) in [7, 11) is 0. The van der Waals surface area contributed by atoms with Crippen molar-refractivity contribution in [3.63, 3.8) is 0 Å². The van der Waals surface area contributed by atoms with Crippen LogP contribution in [-0.2, 0) is 6.18 Å². The Balaban J connectivity index is 1.86. The molecule has 186 valence electrons. The lowest BCUT2D eigenvalue weighted by Gasteiger charge is -2.42. The highest BCUT2D eigenvalue weighted by Gasteiger charge is 2.50. The van der Waals surface area contributed by atoms with Crippen molar-refractivity contribution in [1.82, 2.24) is 20.1 Å². The summed E-state index contributed by atoms with van der Waals surface area (Å²) in [6.07, 6.45) is -12.2. The molecule has 1 amide bonds. The molecule has 0 aromatic carbocycles. The van der Waals surface area contributed by atoms with E-state index >= 15 is 0 Å². The zero-order chi connectivity index (χ0) is 25.1. The third-order valence-electron chi connectivity index (χ3n) is 5.81. The third-order valence-corrected chi connectivity index (χ3v) is 5.81. The fourth-order valence-corrected chi connectivity index (χ4v) is 4.04. The molecule has 1 unspecified atom stereocenters. The van der Waals surface area contributed by atoms with Gasteiger partial charge in [-0.1, -0.05) is 6.42 Å². The van der Waals surface area contributed by atoms with Crippen molar-refractivity contribution >= 4 is 11.6 Å². The molecular formula is C19H17F8N5O2. The molecule has 34 heavy (non-hydrogen) atoms. The molecule has 2 aromatic heterocycles. The van der Waals surface area contributed by atoms with Crippen LogP contribution in [0.5, 0.6) is 0 Å². The Morgan fingerprint density at radius 2 is 1.74 bits per heavy atom. The van der Waals surface area contributed by atoms with E-state index in [9.17, 15) is 39.9 Å². The van der Waals surface area contributed by atoms with Crippen molar-refractivity contribution in [2.45, 2.75) is 62.3 Å². The van der Waals surface area contributed by atoms with Crippen LogP contribution in [-0.4, -0.2) is 50.7 Å². The van der Waals surface area contributed by atoms with E-state index < -0.39 is 89.8 Å². The highest BCUT2D eigenvalue weighted by Crippen LogP contribution is 2.43. The fraction of sp³-hybridized carbons (Fsp3) is 0.579. The maximum Gasteiger partial charge on any atom is 0.418 e. The molecule has 0 radical (unpaired) electrons. The highest BCUT2D eigenvalue weighted by molar-refractivity contribution is 5.95. The number of carbonyl (C=O) groups excluding carboxylic acids is 1. The molecule has 0 saturated heterocycles. The molecular weight excluding hydrogens is 482 g/mol. The van der Waals surface area contributed by atoms with Gasteiger partial charge in [0.2, 0.25) is 5.89 Å². The van der Waals surface area contributed by atoms with E-state index in [2.05, 4.69) is 15.2 Å². The van der Waals surface area contributed by atoms with Crippen LogP contribution in [0.4, 0.5) is 40.8 Å². The lowest BCUT2D eigenvalue weighted by Crippen LogP contribution is -2.53. The van der Waals surface area contributed by atoms with Gasteiger partial charge in [-0.3, -0.25) is 4.79 Å². The number of amides is 1. The molecule has 2 N–H and O–H groups in total. The van der Waals surface area contributed by atoms with Gasteiger partial charge in [-0.25, -0.2) is 13.8 Å². The molecule has 2 aromatic rings. The number of nitrogen functional groups attached to an aromatic ring is 1. The summed E-state index contributed by atoms with van der Waals surface area (Å²) < 4.78 is 114. The second kappa shape index (κ2) is 8.05. The summed E-state index contributed by atoms with van der Waals surface area (Å²) in [5.41, 5.74) is 1.70. The van der Waals surface area contributed by atoms with E-state index in [0.29, 0.717) is 6.07 Å². The van der Waals surface area contributed by atoms with Gasteiger partial charge in [0.25, 0.3) is 17.7 Å². The summed E-state index contributed by atoms with van der Waals surface area (Å²) in [5.74, 6) is -8.10. The second-order valence-electron chi connectivity index (χ2n) is 8.27. The Bertz CT molecular complexity index is 1090. The van der Waals surface area contributed by atoms with E-state index in [4.69, 9.17) is 10.2 Å². The molecule has 0 spiro atoms. The van der Waals surface area contributed by atoms with Crippen molar-refractivity contribution in [3.8, 4) is 11.6 Å². The van der Waals surface area contributed by atoms with E-state index in [1.54, 1.807) is 0 Å². The fourth-order valence-electron chi connectivity index (χ4n) is 4.04. The lowest BCUT2D eigenvalue weighted by atomic mass is 9.86. The van der Waals surface area contributed by atoms with Gasteiger partial charge >= 0.3 is 12.4 Å². The van der Waals surface area contributed by atoms with Crippen LogP contribution in [0.15, 0.2) is 10.5 Å². The molecule has 4 bridgehead atoms. The zero-order valence-corrected chi connectivity index (χ0v) is 17.2. The maximum atomic E-state index is 13.7. The number of pyridine rings is 1. The molecule has 1 fully saturated rings. The van der Waals surface area contributed by atoms with Crippen LogP contribution in [0.3, 0.4) is 0 Å². The standard InChI is InChI=1S/C19H17F8N5O2/c20-17(21)6-8(7-17)32-4-2-1-3-9(18(22,23)24)14-30-31-15(34-14)13-11(28)5-10(19(25,26)27)12(29-13)16(32)33/h5,8-9H,1-4,6-7,28H2. The largest absolute Gasteiger partial charge is 0.419 e. The monoisotopic (exact) mass is 499 g/mol. The third kappa shape index (κ3) is 4.51. The van der Waals surface area contributed by atoms with E-state index in [0.717, 1.165) is 4.90 Å². The van der Waals surface area contributed by atoms with Crippen LogP contribution in [0.25, 0.3) is 11.6 Å². The van der Waals surface area contributed by atoms with Gasteiger partial charge in [0, 0.05) is 25.4 Å². The average molecular weight is 499 g/mol. The van der Waals surface area contributed by atoms with Gasteiger partial charge in [-0.05, 0) is 18.9 Å². The first-order valence-electron chi connectivity index (χ1n) is 10.1. The number of halogens is 8. The summed E-state index contributed by atoms with van der Waals surface area (Å²) in [6.45, 7) is -0.336. The summed E-state index contributed by atoms with van der Waals surface area (Å²) in [4.78, 5) is 17.6. The Morgan fingerprint density at radius 1 is 1.06 bits per heavy atom. The van der Waals surface area contributed by atoms with Gasteiger partial charge < -0.3 is 15.1 Å². The smallest absolute Gasteiger partial charge is 0.418 e. The first-order chi connectivity index (χ1) is 15.7. The number of hydrogen-bond donors (Lipinski definition) is 1. The minimum atomic E-state index is -5.09. The number of aromatic nitrogens is 3. The topological polar surface area (TPSA) is 98.1 Å². The number of anilines is 1. The number of nitrogens with two attached hydrogens (primary N) is 1. The number of nitrogens with zero attached hydrogens (tertiary/aromatic N) is 4. The minimum absolute atomic E-state index is 0.0927. The van der Waals surface area contributed by atoms with Crippen LogP contribution in [0.1, 0.15) is 60.0 Å². The van der Waals surface area contributed by atoms with Crippen LogP contribution >= 0.6 is 0 Å². The van der Waals surface area contributed by atoms with Crippen molar-refractivity contribution in [2.75, 3.05) is 12.3 Å². The van der Waals surface area contributed by atoms with Crippen molar-refractivity contribution in [2.24, 2.45) is 0 Å². The van der Waals surface area contributed by atoms with Crippen LogP contribution in [0.2, 0.25) is 0 Å². The number of rotatable bonds is 1. The van der Waals surface area contributed by atoms with Gasteiger partial charge in [0.05, 0.1) is 11.3 Å². The first kappa shape index (κ1) is 24.1. The number of carbonyl (C=O) groups is 1. The summed E-state index contributed by atoms with van der Waals surface area (Å²) in [5, 5.41) is 6.80. The summed E-state index contributed by atoms with van der Waals surface area (Å²) >= 11 is 0. The molecule has 7 nitrogen and oxygen atoms in total. The van der Waals surface area contributed by atoms with E-state index in [1.807, 2.05) is 0 Å². The second-order valence-corrected chi connectivity index (χ2v) is 8.27. The highest BCUT2D eigenvalue weighted by atomic mass is 19.4. The van der Waals surface area contributed by atoms with E-state index in [1.165, 1.54) is 0 Å². The normalized spacial score (nSPS) is 21.9. The molecule has 1 saturated carbocycles. The van der Waals surface area contributed by atoms with Gasteiger partial charge in [-0.2, -0.15) is 26.3 Å². The van der Waals surface area contributed by atoms with Gasteiger partial charge in [0.15, 0.2) is 5.69 Å². The first-order valence-corrected chi connectivity index (χ1v) is 10.1. The molecule has 1 atom stereocenters. The molecule has 1 aliphatic heterocycles. The predicted octanol–water partition coefficient (Wildman–Crippen LogP) is 4.80. The maximum absolute atomic E-state index is 13.7. The minimum Gasteiger partial charge on any atom is -0.419 e. The molecule has 2 aliphatic rings. The molecule has 1 aliphatic carbocycles. The number of alkyl halides is 8. The predicted molar refractivity (Wildman–Crippen MR) is 98.6 cm³/mol. The quantitative estimate of drug-likeness (QED) is 0.566. The Labute approximate surface area is 186 Å². The van der Waals surface area contributed by atoms with Crippen LogP contribution in [0, 0.1) is 0 Å². The number of hydrogen-bond acceptors (Lipinski definition) is 6. The number of fused-ring (bicyclic) bond motifs is 5. The van der Waals surface area contributed by atoms with Crippen LogP contribution < -0.4 is 5.73 Å². The lowest BCUT2D eigenvalue weighted by molar-refractivity contribution is -0.157. The van der Waals surface area contributed by atoms with Gasteiger partial charge in [-0.15, -0.1) is 10.2 Å². The zero-order valence-electron chi connectivity index (χ0n) is 17.2. The molecule has 4 rings (SSSR count). The van der Waals surface area contributed by atoms with Crippen molar-refractivity contribution in [1.29, 1.82) is 0 Å². The molecule has 15 heteroatoms. The van der Waals surface area contributed by atoms with E-state index in [-0.39, 0.29) is 19.4 Å². The van der Waals surface area contributed by atoms with Crippen molar-refractivity contribution < 1.29 is 44.3 Å². The Kier molecular flexibility index (Phi) is 5.71. The van der Waals surface area contributed by atoms with Crippen molar-refractivity contribution in [3.05, 3.63) is 23.2 Å². The van der Waals surface area contributed by atoms with Gasteiger partial charge in [0.1, 0.15) is 11.6 Å². The average Bonchev–Trinajstić information content (AvgIpc) is 3.15. The summed E-state index contributed by atoms with van der Waals surface area (Å²) in [6, 6.07) is -0.710. The molecule has 3 heterocycles. The Morgan fingerprint density at radius 3 is 2.32 bits per heavy atom. The SMILES string of the molecule is Nc1cc(C(F)(F)F)c2nc1-c1nnc(o1)C(C(F)(F)F)CCCCN(C1CC(F)(F)C1)C2=O.